The molecule has 1 heterocycles. The van der Waals surface area contributed by atoms with Crippen LogP contribution in [0.15, 0.2) is 41.1 Å². The molecule has 0 spiro atoms. The molecule has 0 radical (unpaired) electrons. The number of carbonyl (C=O) groups excluding carboxylic acids is 1. The first kappa shape index (κ1) is 18.5. The molecule has 130 valence electrons. The molecule has 0 unspecified atom stereocenters. The van der Waals surface area contributed by atoms with Gasteiger partial charge in [0.25, 0.3) is 0 Å². The van der Waals surface area contributed by atoms with E-state index in [9.17, 15) is 4.79 Å². The standard InChI is InChI=1S/C19H26N2O2S/c1-4-19(22)20-11-15(2)23-18-7-5-6-16(10-18)12-21(3)13-17-8-9-24-14-17/h5-10,14-15H,4,11-13H2,1-3H3,(H,20,22)/t15-/m1/s1. The molecule has 2 aromatic rings. The zero-order chi connectivity index (χ0) is 17.4. The molecule has 0 aliphatic rings. The maximum Gasteiger partial charge on any atom is 0.219 e. The highest BCUT2D eigenvalue weighted by Gasteiger charge is 2.08. The van der Waals surface area contributed by atoms with Gasteiger partial charge in [-0.25, -0.2) is 0 Å². The normalized spacial score (nSPS) is 12.2. The van der Waals surface area contributed by atoms with E-state index in [1.54, 1.807) is 11.3 Å². The lowest BCUT2D eigenvalue weighted by atomic mass is 10.2. The summed E-state index contributed by atoms with van der Waals surface area (Å²) in [6.45, 7) is 6.14. The van der Waals surface area contributed by atoms with E-state index in [0.717, 1.165) is 18.8 Å². The quantitative estimate of drug-likeness (QED) is 0.753. The Morgan fingerprint density at radius 2 is 2.08 bits per heavy atom. The summed E-state index contributed by atoms with van der Waals surface area (Å²) in [7, 11) is 2.12. The van der Waals surface area contributed by atoms with Crippen molar-refractivity contribution in [2.24, 2.45) is 0 Å². The number of nitrogens with one attached hydrogen (secondary N) is 1. The van der Waals surface area contributed by atoms with E-state index in [1.807, 2.05) is 26.0 Å². The Balaban J connectivity index is 1.85. The first-order valence-corrected chi connectivity index (χ1v) is 9.23. The molecular weight excluding hydrogens is 320 g/mol. The van der Waals surface area contributed by atoms with Crippen molar-refractivity contribution in [3.8, 4) is 5.75 Å². The number of ether oxygens (including phenoxy) is 1. The number of rotatable bonds is 9. The van der Waals surface area contributed by atoms with Crippen molar-refractivity contribution in [3.63, 3.8) is 0 Å². The van der Waals surface area contributed by atoms with Crippen LogP contribution in [0.3, 0.4) is 0 Å². The van der Waals surface area contributed by atoms with Crippen molar-refractivity contribution < 1.29 is 9.53 Å². The van der Waals surface area contributed by atoms with Crippen LogP contribution < -0.4 is 10.1 Å². The number of nitrogens with zero attached hydrogens (tertiary/aromatic N) is 1. The summed E-state index contributed by atoms with van der Waals surface area (Å²) < 4.78 is 5.91. The fraction of sp³-hybridized carbons (Fsp3) is 0.421. The van der Waals surface area contributed by atoms with Crippen molar-refractivity contribution in [3.05, 3.63) is 52.2 Å². The minimum Gasteiger partial charge on any atom is -0.489 e. The van der Waals surface area contributed by atoms with E-state index in [4.69, 9.17) is 4.74 Å². The third-order valence-electron chi connectivity index (χ3n) is 3.63. The fourth-order valence-electron chi connectivity index (χ4n) is 2.44. The number of hydrogen-bond donors (Lipinski definition) is 1. The lowest BCUT2D eigenvalue weighted by molar-refractivity contribution is -0.121. The predicted molar refractivity (Wildman–Crippen MR) is 99.3 cm³/mol. The zero-order valence-corrected chi connectivity index (χ0v) is 15.4. The van der Waals surface area contributed by atoms with Crippen molar-refractivity contribution in [1.82, 2.24) is 10.2 Å². The van der Waals surface area contributed by atoms with Gasteiger partial charge >= 0.3 is 0 Å². The van der Waals surface area contributed by atoms with Gasteiger partial charge in [0.2, 0.25) is 5.91 Å². The number of carbonyl (C=O) groups is 1. The summed E-state index contributed by atoms with van der Waals surface area (Å²) in [4.78, 5) is 13.6. The van der Waals surface area contributed by atoms with E-state index in [1.165, 1.54) is 11.1 Å². The summed E-state index contributed by atoms with van der Waals surface area (Å²) in [5.74, 6) is 0.893. The van der Waals surface area contributed by atoms with E-state index < -0.39 is 0 Å². The van der Waals surface area contributed by atoms with Gasteiger partial charge in [0, 0.05) is 19.5 Å². The smallest absolute Gasteiger partial charge is 0.219 e. The SMILES string of the molecule is CCC(=O)NC[C@@H](C)Oc1cccc(CN(C)Cc2ccsc2)c1. The summed E-state index contributed by atoms with van der Waals surface area (Å²) in [5, 5.41) is 7.14. The molecule has 1 atom stereocenters. The maximum atomic E-state index is 11.3. The van der Waals surface area contributed by atoms with E-state index in [0.29, 0.717) is 13.0 Å². The zero-order valence-electron chi connectivity index (χ0n) is 14.6. The lowest BCUT2D eigenvalue weighted by Crippen LogP contribution is -2.33. The van der Waals surface area contributed by atoms with E-state index in [2.05, 4.69) is 46.2 Å². The molecule has 2 rings (SSSR count). The Hall–Kier alpha value is -1.85. The van der Waals surface area contributed by atoms with Crippen LogP contribution >= 0.6 is 11.3 Å². The summed E-state index contributed by atoms with van der Waals surface area (Å²) >= 11 is 1.73. The molecule has 4 nitrogen and oxygen atoms in total. The highest BCUT2D eigenvalue weighted by atomic mass is 32.1. The first-order chi connectivity index (χ1) is 11.6. The topological polar surface area (TPSA) is 41.6 Å². The number of thiophene rings is 1. The van der Waals surface area contributed by atoms with Crippen LogP contribution in [0.4, 0.5) is 0 Å². The Bertz CT molecular complexity index is 628. The van der Waals surface area contributed by atoms with Crippen molar-refractivity contribution in [2.45, 2.75) is 39.5 Å². The van der Waals surface area contributed by atoms with Crippen LogP contribution in [-0.4, -0.2) is 30.5 Å². The molecule has 1 aromatic carbocycles. The average molecular weight is 346 g/mol. The number of amides is 1. The summed E-state index contributed by atoms with van der Waals surface area (Å²) in [6, 6.07) is 10.3. The average Bonchev–Trinajstić information content (AvgIpc) is 3.05. The van der Waals surface area contributed by atoms with Crippen molar-refractivity contribution in [2.75, 3.05) is 13.6 Å². The molecule has 0 saturated heterocycles. The van der Waals surface area contributed by atoms with Crippen molar-refractivity contribution >= 4 is 17.2 Å². The molecular formula is C19H26N2O2S. The molecule has 0 saturated carbocycles. The molecule has 5 heteroatoms. The highest BCUT2D eigenvalue weighted by Crippen LogP contribution is 2.17. The molecule has 0 aliphatic heterocycles. The second-order valence-corrected chi connectivity index (χ2v) is 6.82. The van der Waals surface area contributed by atoms with Crippen LogP contribution in [0.25, 0.3) is 0 Å². The first-order valence-electron chi connectivity index (χ1n) is 8.28. The Morgan fingerprint density at radius 3 is 2.79 bits per heavy atom. The van der Waals surface area contributed by atoms with Crippen LogP contribution in [0.5, 0.6) is 5.75 Å². The number of hydrogen-bond acceptors (Lipinski definition) is 4. The molecule has 1 N–H and O–H groups in total. The second kappa shape index (κ2) is 9.45. The molecule has 1 amide bonds. The largest absolute Gasteiger partial charge is 0.489 e. The van der Waals surface area contributed by atoms with Crippen LogP contribution in [-0.2, 0) is 17.9 Å². The molecule has 0 bridgehead atoms. The van der Waals surface area contributed by atoms with Gasteiger partial charge in [0.05, 0.1) is 6.54 Å². The van der Waals surface area contributed by atoms with Gasteiger partial charge in [0.1, 0.15) is 11.9 Å². The van der Waals surface area contributed by atoms with Crippen LogP contribution in [0.2, 0.25) is 0 Å². The monoisotopic (exact) mass is 346 g/mol. The van der Waals surface area contributed by atoms with Gasteiger partial charge in [-0.1, -0.05) is 19.1 Å². The second-order valence-electron chi connectivity index (χ2n) is 6.04. The van der Waals surface area contributed by atoms with Gasteiger partial charge in [-0.05, 0) is 54.1 Å². The van der Waals surface area contributed by atoms with Gasteiger partial charge in [0.15, 0.2) is 0 Å². The number of benzene rings is 1. The Kier molecular flexibility index (Phi) is 7.28. The molecule has 1 aromatic heterocycles. The van der Waals surface area contributed by atoms with E-state index in [-0.39, 0.29) is 12.0 Å². The van der Waals surface area contributed by atoms with Gasteiger partial charge in [-0.3, -0.25) is 9.69 Å². The summed E-state index contributed by atoms with van der Waals surface area (Å²) in [5.41, 5.74) is 2.56. The maximum absolute atomic E-state index is 11.3. The van der Waals surface area contributed by atoms with Crippen LogP contribution in [0.1, 0.15) is 31.4 Å². The minimum absolute atomic E-state index is 0.0502. The minimum atomic E-state index is -0.0562. The van der Waals surface area contributed by atoms with Gasteiger partial charge in [-0.15, -0.1) is 0 Å². The molecule has 24 heavy (non-hydrogen) atoms. The Labute approximate surface area is 148 Å². The van der Waals surface area contributed by atoms with Crippen molar-refractivity contribution in [1.29, 1.82) is 0 Å². The third-order valence-corrected chi connectivity index (χ3v) is 4.36. The lowest BCUT2D eigenvalue weighted by Gasteiger charge is -2.18. The Morgan fingerprint density at radius 1 is 1.29 bits per heavy atom. The summed E-state index contributed by atoms with van der Waals surface area (Å²) in [6.07, 6.45) is 0.442. The van der Waals surface area contributed by atoms with E-state index >= 15 is 0 Å². The molecule has 0 aliphatic carbocycles. The highest BCUT2D eigenvalue weighted by molar-refractivity contribution is 7.07. The predicted octanol–water partition coefficient (Wildman–Crippen LogP) is 3.67. The van der Waals surface area contributed by atoms with Crippen LogP contribution in [0, 0.1) is 0 Å². The van der Waals surface area contributed by atoms with Gasteiger partial charge < -0.3 is 10.1 Å². The van der Waals surface area contributed by atoms with Gasteiger partial charge in [-0.2, -0.15) is 11.3 Å². The fourth-order valence-corrected chi connectivity index (χ4v) is 3.10. The third kappa shape index (κ3) is 6.34. The molecule has 0 fully saturated rings.